The number of alkyl halides is 5. The van der Waals surface area contributed by atoms with Crippen molar-refractivity contribution in [1.82, 2.24) is 5.48 Å². The van der Waals surface area contributed by atoms with Crippen molar-refractivity contribution in [2.45, 2.75) is 18.5 Å². The minimum absolute atomic E-state index is 0.323. The summed E-state index contributed by atoms with van der Waals surface area (Å²) in [5.74, 6) is -10.6. The number of hydrogen-bond donors (Lipinski definition) is 3. The molecule has 0 aliphatic rings. The lowest BCUT2D eigenvalue weighted by Gasteiger charge is -2.20. The van der Waals surface area contributed by atoms with E-state index in [2.05, 4.69) is 10.2 Å². The van der Waals surface area contributed by atoms with Crippen molar-refractivity contribution in [3.05, 3.63) is 58.9 Å². The number of aliphatic hydroxyl groups is 1. The van der Waals surface area contributed by atoms with Crippen LogP contribution in [0.2, 0.25) is 0 Å². The van der Waals surface area contributed by atoms with Gasteiger partial charge in [0.1, 0.15) is 5.82 Å². The van der Waals surface area contributed by atoms with Crippen molar-refractivity contribution < 1.29 is 49.9 Å². The van der Waals surface area contributed by atoms with E-state index in [4.69, 9.17) is 5.11 Å². The van der Waals surface area contributed by atoms with E-state index in [1.54, 1.807) is 0 Å². The molecule has 0 heterocycles. The van der Waals surface area contributed by atoms with E-state index in [9.17, 15) is 39.9 Å². The van der Waals surface area contributed by atoms with Crippen molar-refractivity contribution in [3.8, 4) is 0 Å². The van der Waals surface area contributed by atoms with Gasteiger partial charge in [-0.3, -0.25) is 9.63 Å². The number of rotatable bonds is 8. The van der Waals surface area contributed by atoms with Gasteiger partial charge in [-0.2, -0.15) is 22.0 Å². The molecule has 0 spiro atoms. The zero-order chi connectivity index (χ0) is 23.4. The maximum atomic E-state index is 14.3. The molecule has 0 saturated heterocycles. The van der Waals surface area contributed by atoms with Crippen LogP contribution in [-0.4, -0.2) is 36.3 Å². The second-order valence-electron chi connectivity index (χ2n) is 6.11. The van der Waals surface area contributed by atoms with Gasteiger partial charge >= 0.3 is 12.1 Å². The van der Waals surface area contributed by atoms with Crippen molar-refractivity contribution >= 4 is 17.3 Å². The number of hydroxylamine groups is 1. The highest BCUT2D eigenvalue weighted by Gasteiger charge is 2.57. The summed E-state index contributed by atoms with van der Waals surface area (Å²) in [6, 6.07) is 3.25. The van der Waals surface area contributed by atoms with E-state index < -0.39 is 71.0 Å². The summed E-state index contributed by atoms with van der Waals surface area (Å²) in [4.78, 5) is 16.6. The normalized spacial score (nSPS) is 12.0. The van der Waals surface area contributed by atoms with Crippen LogP contribution in [0.15, 0.2) is 30.3 Å². The molecule has 0 unspecified atom stereocenters. The van der Waals surface area contributed by atoms with E-state index in [1.165, 1.54) is 0 Å². The largest absolute Gasteiger partial charge is 0.453 e. The summed E-state index contributed by atoms with van der Waals surface area (Å²) in [5.41, 5.74) is -0.915. The first-order valence-electron chi connectivity index (χ1n) is 8.38. The number of hydrogen-bond acceptors (Lipinski definition) is 4. The molecule has 5 nitrogen and oxygen atoms in total. The lowest BCUT2D eigenvalue weighted by atomic mass is 10.1. The zero-order valence-corrected chi connectivity index (χ0v) is 15.3. The van der Waals surface area contributed by atoms with Crippen LogP contribution >= 0.6 is 0 Å². The average Bonchev–Trinajstić information content (AvgIpc) is 2.66. The second-order valence-corrected chi connectivity index (χ2v) is 6.11. The second kappa shape index (κ2) is 9.47. The molecule has 0 aliphatic carbocycles. The highest BCUT2D eigenvalue weighted by molar-refractivity contribution is 6.00. The third-order valence-corrected chi connectivity index (χ3v) is 3.83. The molecule has 3 N–H and O–H groups in total. The summed E-state index contributed by atoms with van der Waals surface area (Å²) in [7, 11) is 0. The monoisotopic (exact) mass is 458 g/mol. The number of anilines is 2. The topological polar surface area (TPSA) is 70.6 Å². The molecule has 0 saturated carbocycles. The Balaban J connectivity index is 2.32. The van der Waals surface area contributed by atoms with Crippen LogP contribution in [0.5, 0.6) is 0 Å². The molecule has 0 atom stereocenters. The van der Waals surface area contributed by atoms with Crippen molar-refractivity contribution in [2.24, 2.45) is 0 Å². The first-order valence-corrected chi connectivity index (χ1v) is 8.38. The Labute approximate surface area is 169 Å². The van der Waals surface area contributed by atoms with Crippen LogP contribution in [0.3, 0.4) is 0 Å². The minimum Gasteiger partial charge on any atom is -0.394 e. The molecule has 0 radical (unpaired) electrons. The Morgan fingerprint density at radius 2 is 1.68 bits per heavy atom. The lowest BCUT2D eigenvalue weighted by Crippen LogP contribution is -2.38. The van der Waals surface area contributed by atoms with Crippen molar-refractivity contribution in [2.75, 3.05) is 18.5 Å². The van der Waals surface area contributed by atoms with E-state index in [0.717, 1.165) is 18.2 Å². The summed E-state index contributed by atoms with van der Waals surface area (Å²) >= 11 is 0. The molecule has 1 amide bonds. The maximum Gasteiger partial charge on any atom is 0.453 e. The Morgan fingerprint density at radius 1 is 1.00 bits per heavy atom. The van der Waals surface area contributed by atoms with Gasteiger partial charge in [0.2, 0.25) is 0 Å². The van der Waals surface area contributed by atoms with Crippen LogP contribution in [0.4, 0.5) is 46.5 Å². The number of amides is 1. The molecular weight excluding hydrogens is 444 g/mol. The smallest absolute Gasteiger partial charge is 0.394 e. The van der Waals surface area contributed by atoms with Gasteiger partial charge in [-0.1, -0.05) is 6.07 Å². The van der Waals surface area contributed by atoms with Gasteiger partial charge in [-0.15, -0.1) is 0 Å². The molecule has 13 heteroatoms. The van der Waals surface area contributed by atoms with Gasteiger partial charge in [0.05, 0.1) is 30.2 Å². The predicted molar refractivity (Wildman–Crippen MR) is 91.3 cm³/mol. The molecule has 0 bridgehead atoms. The third kappa shape index (κ3) is 5.82. The van der Waals surface area contributed by atoms with Crippen LogP contribution < -0.4 is 10.8 Å². The molecule has 2 aromatic rings. The molecule has 2 aromatic carbocycles. The number of halogens is 8. The van der Waals surface area contributed by atoms with Gasteiger partial charge in [-0.25, -0.2) is 18.7 Å². The molecular formula is C18H14F8N2O3. The SMILES string of the molecule is O=C(NOCCO)c1ccc(F)c(F)c1Nc1ccc(CC(F)(F)C(F)(F)F)cc1F. The highest BCUT2D eigenvalue weighted by Crippen LogP contribution is 2.38. The lowest BCUT2D eigenvalue weighted by molar-refractivity contribution is -0.281. The molecule has 170 valence electrons. The van der Waals surface area contributed by atoms with Crippen LogP contribution in [0.1, 0.15) is 15.9 Å². The standard InChI is InChI=1S/C18H14F8N2O3/c19-11-3-2-10(16(30)28-31-6-5-29)15(14(11)21)27-13-4-1-9(7-12(13)20)8-17(22,23)18(24,25)26/h1-4,7,27,29H,5-6,8H2,(H,28,30). The fourth-order valence-electron chi connectivity index (χ4n) is 2.34. The van der Waals surface area contributed by atoms with Crippen molar-refractivity contribution in [1.29, 1.82) is 0 Å². The van der Waals surface area contributed by atoms with E-state index in [1.807, 2.05) is 5.48 Å². The van der Waals surface area contributed by atoms with Gasteiger partial charge in [0, 0.05) is 6.42 Å². The summed E-state index contributed by atoms with van der Waals surface area (Å²) in [6.45, 7) is -0.787. The number of nitrogens with one attached hydrogen (secondary N) is 2. The highest BCUT2D eigenvalue weighted by atomic mass is 19.4. The number of aliphatic hydroxyl groups excluding tert-OH is 1. The molecule has 2 rings (SSSR count). The molecule has 0 aromatic heterocycles. The quantitative estimate of drug-likeness (QED) is 0.315. The first-order chi connectivity index (χ1) is 14.4. The molecule has 31 heavy (non-hydrogen) atoms. The third-order valence-electron chi connectivity index (χ3n) is 3.83. The van der Waals surface area contributed by atoms with E-state index >= 15 is 0 Å². The van der Waals surface area contributed by atoms with Crippen molar-refractivity contribution in [3.63, 3.8) is 0 Å². The molecule has 0 aliphatic heterocycles. The van der Waals surface area contributed by atoms with Crippen LogP contribution in [-0.2, 0) is 11.3 Å². The Kier molecular flexibility index (Phi) is 7.44. The van der Waals surface area contributed by atoms with Gasteiger partial charge < -0.3 is 10.4 Å². The maximum absolute atomic E-state index is 14.3. The van der Waals surface area contributed by atoms with Gasteiger partial charge in [-0.05, 0) is 29.8 Å². The number of benzene rings is 2. The van der Waals surface area contributed by atoms with Crippen LogP contribution in [0, 0.1) is 17.5 Å². The predicted octanol–water partition coefficient (Wildman–Crippen LogP) is 4.24. The van der Waals surface area contributed by atoms with Crippen LogP contribution in [0.25, 0.3) is 0 Å². The van der Waals surface area contributed by atoms with E-state index in [0.29, 0.717) is 12.1 Å². The first kappa shape index (κ1) is 24.3. The summed E-state index contributed by atoms with van der Waals surface area (Å²) in [5, 5.41) is 10.7. The fourth-order valence-corrected chi connectivity index (χ4v) is 2.34. The average molecular weight is 458 g/mol. The zero-order valence-electron chi connectivity index (χ0n) is 15.3. The number of carbonyl (C=O) groups excluding carboxylic acids is 1. The Bertz CT molecular complexity index is 950. The summed E-state index contributed by atoms with van der Waals surface area (Å²) < 4.78 is 105. The van der Waals surface area contributed by atoms with Gasteiger partial charge in [0.15, 0.2) is 11.6 Å². The molecule has 0 fully saturated rings. The summed E-state index contributed by atoms with van der Waals surface area (Å²) in [6.07, 6.45) is -7.68. The van der Waals surface area contributed by atoms with E-state index in [-0.39, 0.29) is 6.61 Å². The Hall–Kier alpha value is -2.93. The number of carbonyl (C=O) groups is 1. The van der Waals surface area contributed by atoms with Gasteiger partial charge in [0.25, 0.3) is 5.91 Å². The Morgan fingerprint density at radius 3 is 2.26 bits per heavy atom. The minimum atomic E-state index is -5.84. The fraction of sp³-hybridized carbons (Fsp3) is 0.278.